The van der Waals surface area contributed by atoms with Crippen LogP contribution in [0.4, 0.5) is 0 Å². The third-order valence-corrected chi connectivity index (χ3v) is 11.3. The first-order chi connectivity index (χ1) is 32.5. The molecule has 0 radical (unpaired) electrons. The zero-order chi connectivity index (χ0) is 47.9. The van der Waals surface area contributed by atoms with Crippen LogP contribution in [0.2, 0.25) is 0 Å². The SMILES string of the molecule is CC/C=C\C/C=C\C/C=C\C/C=C\C/C=C\CCCCCC(=O)OCC(COC(=O)CCCCCCCCC/C=C\C/C=C\CC)OC(=O)CCCCCCCCC/C=C\CCCCCC. The zero-order valence-corrected chi connectivity index (χ0v) is 42.9. The average Bonchev–Trinajstić information content (AvgIpc) is 3.31. The van der Waals surface area contributed by atoms with E-state index in [2.05, 4.69) is 118 Å². The average molecular weight is 917 g/mol. The highest BCUT2D eigenvalue weighted by atomic mass is 16.6. The summed E-state index contributed by atoms with van der Waals surface area (Å²) in [6.45, 7) is 6.37. The molecule has 6 nitrogen and oxygen atoms in total. The quantitative estimate of drug-likeness (QED) is 0.0262. The minimum atomic E-state index is -0.797. The number of ether oxygens (including phenoxy) is 3. The Morgan fingerprint density at radius 1 is 0.318 bits per heavy atom. The molecular formula is C60H100O6. The number of hydrogen-bond donors (Lipinski definition) is 0. The molecule has 0 aliphatic rings. The lowest BCUT2D eigenvalue weighted by atomic mass is 10.1. The molecule has 0 fully saturated rings. The summed E-state index contributed by atoms with van der Waals surface area (Å²) >= 11 is 0. The van der Waals surface area contributed by atoms with Crippen LogP contribution in [-0.4, -0.2) is 37.2 Å². The molecule has 0 amide bonds. The molecular weight excluding hydrogens is 817 g/mol. The molecule has 0 aromatic heterocycles. The van der Waals surface area contributed by atoms with Gasteiger partial charge in [0.1, 0.15) is 13.2 Å². The number of hydrogen-bond acceptors (Lipinski definition) is 6. The lowest BCUT2D eigenvalue weighted by molar-refractivity contribution is -0.167. The molecule has 0 rings (SSSR count). The van der Waals surface area contributed by atoms with E-state index < -0.39 is 6.10 Å². The zero-order valence-electron chi connectivity index (χ0n) is 42.9. The van der Waals surface area contributed by atoms with E-state index in [-0.39, 0.29) is 31.1 Å². The van der Waals surface area contributed by atoms with Crippen LogP contribution in [0.3, 0.4) is 0 Å². The Kier molecular flexibility index (Phi) is 50.9. The number of carbonyl (C=O) groups excluding carboxylic acids is 3. The number of esters is 3. The standard InChI is InChI=1S/C60H100O6/c1-4-7-10-13-16-19-22-25-28-29-30-31-33-35-38-41-44-47-50-53-59(62)65-56-57(55-64-58(61)52-49-46-43-40-37-34-27-24-21-18-15-12-9-6-3)66-60(63)54-51-48-45-42-39-36-32-26-23-20-17-14-11-8-5-2/h7,9-10,12,16,18-21,23,25,28,30-31,35,38,57H,4-6,8,11,13-15,17,22,24,26-27,29,32-34,36-37,39-56H2,1-3H3/b10-7-,12-9-,19-16-,21-18-,23-20-,28-25-,31-30-,38-35-. The summed E-state index contributed by atoms with van der Waals surface area (Å²) in [7, 11) is 0. The molecule has 376 valence electrons. The van der Waals surface area contributed by atoms with Gasteiger partial charge >= 0.3 is 17.9 Å². The molecule has 0 spiro atoms. The lowest BCUT2D eigenvalue weighted by Crippen LogP contribution is -2.30. The molecule has 0 N–H and O–H groups in total. The summed E-state index contributed by atoms with van der Waals surface area (Å²) in [5.74, 6) is -0.940. The van der Waals surface area contributed by atoms with Gasteiger partial charge in [0.05, 0.1) is 0 Å². The van der Waals surface area contributed by atoms with Crippen molar-refractivity contribution >= 4 is 17.9 Å². The molecule has 66 heavy (non-hydrogen) atoms. The predicted octanol–water partition coefficient (Wildman–Crippen LogP) is 18.1. The Hall–Kier alpha value is -3.67. The molecule has 0 saturated carbocycles. The number of unbranched alkanes of at least 4 members (excludes halogenated alkanes) is 21. The molecule has 0 aromatic carbocycles. The van der Waals surface area contributed by atoms with Crippen LogP contribution in [0.15, 0.2) is 97.2 Å². The minimum Gasteiger partial charge on any atom is -0.462 e. The molecule has 0 heterocycles. The maximum absolute atomic E-state index is 12.8. The van der Waals surface area contributed by atoms with Crippen LogP contribution in [0.1, 0.15) is 245 Å². The minimum absolute atomic E-state index is 0.0948. The molecule has 0 aliphatic heterocycles. The van der Waals surface area contributed by atoms with E-state index >= 15 is 0 Å². The molecule has 0 bridgehead atoms. The monoisotopic (exact) mass is 917 g/mol. The van der Waals surface area contributed by atoms with Crippen molar-refractivity contribution in [3.8, 4) is 0 Å². The second-order valence-corrected chi connectivity index (χ2v) is 17.7. The van der Waals surface area contributed by atoms with Crippen molar-refractivity contribution in [3.05, 3.63) is 97.2 Å². The van der Waals surface area contributed by atoms with Crippen LogP contribution in [0.5, 0.6) is 0 Å². The first-order valence-electron chi connectivity index (χ1n) is 27.2. The highest BCUT2D eigenvalue weighted by Gasteiger charge is 2.19. The Labute approximate surface area is 407 Å². The Balaban J connectivity index is 4.46. The van der Waals surface area contributed by atoms with Crippen LogP contribution in [0.25, 0.3) is 0 Å². The van der Waals surface area contributed by atoms with Crippen molar-refractivity contribution in [1.29, 1.82) is 0 Å². The molecule has 1 atom stereocenters. The van der Waals surface area contributed by atoms with E-state index in [1.165, 1.54) is 89.9 Å². The second-order valence-electron chi connectivity index (χ2n) is 17.7. The number of carbonyl (C=O) groups is 3. The third kappa shape index (κ3) is 51.3. The fourth-order valence-electron chi connectivity index (χ4n) is 7.27. The summed E-state index contributed by atoms with van der Waals surface area (Å²) in [6.07, 6.45) is 71.0. The predicted molar refractivity (Wildman–Crippen MR) is 284 cm³/mol. The van der Waals surface area contributed by atoms with E-state index in [0.29, 0.717) is 19.3 Å². The summed E-state index contributed by atoms with van der Waals surface area (Å²) in [5.41, 5.74) is 0. The normalized spacial score (nSPS) is 12.8. The van der Waals surface area contributed by atoms with Crippen molar-refractivity contribution in [2.75, 3.05) is 13.2 Å². The lowest BCUT2D eigenvalue weighted by Gasteiger charge is -2.18. The van der Waals surface area contributed by atoms with Crippen molar-refractivity contribution in [3.63, 3.8) is 0 Å². The smallest absolute Gasteiger partial charge is 0.306 e. The van der Waals surface area contributed by atoms with Gasteiger partial charge in [0.2, 0.25) is 0 Å². The molecule has 0 aromatic rings. The van der Waals surface area contributed by atoms with Crippen LogP contribution < -0.4 is 0 Å². The molecule has 1 unspecified atom stereocenters. The first-order valence-corrected chi connectivity index (χ1v) is 27.2. The van der Waals surface area contributed by atoms with Gasteiger partial charge in [0.15, 0.2) is 6.10 Å². The highest BCUT2D eigenvalue weighted by molar-refractivity contribution is 5.71. The van der Waals surface area contributed by atoms with Crippen molar-refractivity contribution in [1.82, 2.24) is 0 Å². The van der Waals surface area contributed by atoms with E-state index in [1.807, 2.05) is 0 Å². The van der Waals surface area contributed by atoms with E-state index in [9.17, 15) is 14.4 Å². The fourth-order valence-corrected chi connectivity index (χ4v) is 7.27. The fraction of sp³-hybridized carbons (Fsp3) is 0.683. The van der Waals surface area contributed by atoms with Gasteiger partial charge < -0.3 is 14.2 Å². The van der Waals surface area contributed by atoms with Gasteiger partial charge in [-0.15, -0.1) is 0 Å². The molecule has 6 heteroatoms. The third-order valence-electron chi connectivity index (χ3n) is 11.3. The van der Waals surface area contributed by atoms with Crippen LogP contribution >= 0.6 is 0 Å². The van der Waals surface area contributed by atoms with Gasteiger partial charge in [0.25, 0.3) is 0 Å². The van der Waals surface area contributed by atoms with Gasteiger partial charge in [-0.3, -0.25) is 14.4 Å². The van der Waals surface area contributed by atoms with Crippen molar-refractivity contribution in [2.24, 2.45) is 0 Å². The van der Waals surface area contributed by atoms with Gasteiger partial charge in [-0.1, -0.05) is 208 Å². The summed E-state index contributed by atoms with van der Waals surface area (Å²) in [4.78, 5) is 38.1. The summed E-state index contributed by atoms with van der Waals surface area (Å²) < 4.78 is 16.8. The maximum Gasteiger partial charge on any atom is 0.306 e. The second kappa shape index (κ2) is 53.9. The molecule has 0 saturated heterocycles. The van der Waals surface area contributed by atoms with Crippen molar-refractivity contribution < 1.29 is 28.6 Å². The Bertz CT molecular complexity index is 1330. The van der Waals surface area contributed by atoms with Gasteiger partial charge in [-0.05, 0) is 116 Å². The largest absolute Gasteiger partial charge is 0.462 e. The summed E-state index contributed by atoms with van der Waals surface area (Å²) in [6, 6.07) is 0. The maximum atomic E-state index is 12.8. The summed E-state index contributed by atoms with van der Waals surface area (Å²) in [5, 5.41) is 0. The van der Waals surface area contributed by atoms with E-state index in [1.54, 1.807) is 0 Å². The molecule has 0 aliphatic carbocycles. The van der Waals surface area contributed by atoms with Gasteiger partial charge in [0, 0.05) is 19.3 Å². The Morgan fingerprint density at radius 2 is 0.591 bits per heavy atom. The van der Waals surface area contributed by atoms with Gasteiger partial charge in [-0.2, -0.15) is 0 Å². The van der Waals surface area contributed by atoms with Crippen LogP contribution in [-0.2, 0) is 28.6 Å². The van der Waals surface area contributed by atoms with E-state index in [0.717, 1.165) is 116 Å². The Morgan fingerprint density at radius 3 is 0.955 bits per heavy atom. The number of allylic oxidation sites excluding steroid dienone is 16. The highest BCUT2D eigenvalue weighted by Crippen LogP contribution is 2.14. The van der Waals surface area contributed by atoms with Gasteiger partial charge in [-0.25, -0.2) is 0 Å². The number of rotatable bonds is 48. The first kappa shape index (κ1) is 62.3. The van der Waals surface area contributed by atoms with Crippen molar-refractivity contribution in [2.45, 2.75) is 252 Å². The van der Waals surface area contributed by atoms with Crippen LogP contribution in [0, 0.1) is 0 Å². The topological polar surface area (TPSA) is 78.9 Å². The van der Waals surface area contributed by atoms with E-state index in [4.69, 9.17) is 14.2 Å².